The van der Waals surface area contributed by atoms with E-state index in [0.717, 1.165) is 11.6 Å². The normalized spacial score (nSPS) is 18.4. The van der Waals surface area contributed by atoms with Crippen LogP contribution in [0.25, 0.3) is 0 Å². The zero-order chi connectivity index (χ0) is 9.97. The fourth-order valence-corrected chi connectivity index (χ4v) is 2.48. The Hall–Kier alpha value is -0.0900. The largest absolute Gasteiger partial charge is 0.392 e. The van der Waals surface area contributed by atoms with Gasteiger partial charge in [0, 0.05) is 23.3 Å². The molecular formula is C10H14ClNOS. The third-order valence-corrected chi connectivity index (χ3v) is 3.72. The van der Waals surface area contributed by atoms with Crippen LogP contribution in [0.2, 0.25) is 5.02 Å². The molecule has 0 saturated heterocycles. The summed E-state index contributed by atoms with van der Waals surface area (Å²) in [7, 11) is 0. The molecule has 1 atom stereocenters. The van der Waals surface area contributed by atoms with Gasteiger partial charge in [-0.05, 0) is 24.8 Å². The van der Waals surface area contributed by atoms with E-state index in [2.05, 4.69) is 5.32 Å². The van der Waals surface area contributed by atoms with Crippen molar-refractivity contribution < 1.29 is 5.11 Å². The molecule has 2 rings (SSSR count). The molecule has 1 aromatic heterocycles. The van der Waals surface area contributed by atoms with Crippen LogP contribution in [0.1, 0.15) is 17.7 Å². The minimum Gasteiger partial charge on any atom is -0.392 e. The zero-order valence-electron chi connectivity index (χ0n) is 7.87. The third-order valence-electron chi connectivity index (χ3n) is 2.44. The predicted octanol–water partition coefficient (Wildman–Crippen LogP) is 2.26. The van der Waals surface area contributed by atoms with E-state index in [0.29, 0.717) is 12.5 Å². The van der Waals surface area contributed by atoms with Gasteiger partial charge >= 0.3 is 0 Å². The molecule has 2 nitrogen and oxygen atoms in total. The number of nitrogens with one attached hydrogen (secondary N) is 1. The molecule has 0 spiro atoms. The van der Waals surface area contributed by atoms with Crippen LogP contribution < -0.4 is 5.32 Å². The van der Waals surface area contributed by atoms with E-state index in [4.69, 9.17) is 11.6 Å². The Bertz CT molecular complexity index is 298. The fourth-order valence-electron chi connectivity index (χ4n) is 1.44. The predicted molar refractivity (Wildman–Crippen MR) is 59.8 cm³/mol. The SMILES string of the molecule is OC(CNCc1cc(Cl)cs1)C1CC1. The van der Waals surface area contributed by atoms with Gasteiger partial charge in [0.15, 0.2) is 0 Å². The molecule has 0 amide bonds. The van der Waals surface area contributed by atoms with Crippen molar-refractivity contribution in [2.75, 3.05) is 6.54 Å². The molecule has 1 unspecified atom stereocenters. The van der Waals surface area contributed by atoms with Gasteiger partial charge in [0.1, 0.15) is 0 Å². The van der Waals surface area contributed by atoms with E-state index in [1.165, 1.54) is 17.7 Å². The second-order valence-electron chi connectivity index (χ2n) is 3.77. The number of halogens is 1. The zero-order valence-corrected chi connectivity index (χ0v) is 9.44. The van der Waals surface area contributed by atoms with Crippen LogP contribution in [0.5, 0.6) is 0 Å². The summed E-state index contributed by atoms with van der Waals surface area (Å²) in [5, 5.41) is 15.6. The molecule has 2 N–H and O–H groups in total. The van der Waals surface area contributed by atoms with E-state index in [-0.39, 0.29) is 6.10 Å². The average molecular weight is 232 g/mol. The highest BCUT2D eigenvalue weighted by molar-refractivity contribution is 7.10. The van der Waals surface area contributed by atoms with Crippen molar-refractivity contribution in [1.29, 1.82) is 0 Å². The van der Waals surface area contributed by atoms with Gasteiger partial charge in [0.05, 0.1) is 11.1 Å². The number of aliphatic hydroxyl groups excluding tert-OH is 1. The van der Waals surface area contributed by atoms with Crippen LogP contribution in [0.15, 0.2) is 11.4 Å². The van der Waals surface area contributed by atoms with Crippen molar-refractivity contribution >= 4 is 22.9 Å². The highest BCUT2D eigenvalue weighted by Gasteiger charge is 2.28. The van der Waals surface area contributed by atoms with Crippen molar-refractivity contribution in [3.8, 4) is 0 Å². The minimum atomic E-state index is -0.162. The Morgan fingerprint density at radius 2 is 2.43 bits per heavy atom. The summed E-state index contributed by atoms with van der Waals surface area (Å²) < 4.78 is 0. The Morgan fingerprint density at radius 1 is 1.64 bits per heavy atom. The number of rotatable bonds is 5. The van der Waals surface area contributed by atoms with Gasteiger partial charge in [-0.1, -0.05) is 11.6 Å². The fraction of sp³-hybridized carbons (Fsp3) is 0.600. The van der Waals surface area contributed by atoms with Crippen LogP contribution in [0, 0.1) is 5.92 Å². The molecular weight excluding hydrogens is 218 g/mol. The molecule has 0 aliphatic heterocycles. The Labute approximate surface area is 92.9 Å². The van der Waals surface area contributed by atoms with E-state index in [1.807, 2.05) is 11.4 Å². The molecule has 1 heterocycles. The average Bonchev–Trinajstić information content (AvgIpc) is 2.92. The monoisotopic (exact) mass is 231 g/mol. The van der Waals surface area contributed by atoms with Gasteiger partial charge in [-0.15, -0.1) is 11.3 Å². The molecule has 1 fully saturated rings. The smallest absolute Gasteiger partial charge is 0.0692 e. The lowest BCUT2D eigenvalue weighted by molar-refractivity contribution is 0.148. The Kier molecular flexibility index (Phi) is 3.44. The molecule has 14 heavy (non-hydrogen) atoms. The summed E-state index contributed by atoms with van der Waals surface area (Å²) in [5.41, 5.74) is 0. The quantitative estimate of drug-likeness (QED) is 0.815. The third kappa shape index (κ3) is 2.95. The van der Waals surface area contributed by atoms with Crippen LogP contribution in [-0.2, 0) is 6.54 Å². The van der Waals surface area contributed by atoms with Crippen molar-refractivity contribution in [1.82, 2.24) is 5.32 Å². The molecule has 1 aliphatic rings. The van der Waals surface area contributed by atoms with E-state index in [9.17, 15) is 5.11 Å². The number of hydrogen-bond donors (Lipinski definition) is 2. The summed E-state index contributed by atoms with van der Waals surface area (Å²) >= 11 is 7.44. The number of aliphatic hydroxyl groups is 1. The maximum Gasteiger partial charge on any atom is 0.0692 e. The topological polar surface area (TPSA) is 32.3 Å². The summed E-state index contributed by atoms with van der Waals surface area (Å²) in [6.07, 6.45) is 2.21. The number of hydrogen-bond acceptors (Lipinski definition) is 3. The maximum atomic E-state index is 9.59. The minimum absolute atomic E-state index is 0.162. The van der Waals surface area contributed by atoms with Gasteiger partial charge in [-0.2, -0.15) is 0 Å². The second-order valence-corrected chi connectivity index (χ2v) is 5.20. The molecule has 1 aliphatic carbocycles. The van der Waals surface area contributed by atoms with Crippen molar-refractivity contribution in [2.45, 2.75) is 25.5 Å². The molecule has 1 aromatic rings. The Balaban J connectivity index is 1.67. The molecule has 4 heteroatoms. The van der Waals surface area contributed by atoms with Gasteiger partial charge < -0.3 is 10.4 Å². The lowest BCUT2D eigenvalue weighted by Gasteiger charge is -2.09. The molecule has 0 radical (unpaired) electrons. The maximum absolute atomic E-state index is 9.59. The molecule has 0 bridgehead atoms. The van der Waals surface area contributed by atoms with E-state index in [1.54, 1.807) is 11.3 Å². The van der Waals surface area contributed by atoms with Gasteiger partial charge in [0.25, 0.3) is 0 Å². The van der Waals surface area contributed by atoms with Crippen LogP contribution in [0.4, 0.5) is 0 Å². The molecule has 0 aromatic carbocycles. The summed E-state index contributed by atoms with van der Waals surface area (Å²) in [6, 6.07) is 1.96. The Morgan fingerprint density at radius 3 is 3.00 bits per heavy atom. The first-order valence-electron chi connectivity index (χ1n) is 4.87. The van der Waals surface area contributed by atoms with Gasteiger partial charge in [0.2, 0.25) is 0 Å². The van der Waals surface area contributed by atoms with E-state index < -0.39 is 0 Å². The van der Waals surface area contributed by atoms with Crippen LogP contribution >= 0.6 is 22.9 Å². The lowest BCUT2D eigenvalue weighted by Crippen LogP contribution is -2.27. The van der Waals surface area contributed by atoms with Gasteiger partial charge in [-0.3, -0.25) is 0 Å². The summed E-state index contributed by atoms with van der Waals surface area (Å²) in [6.45, 7) is 1.50. The highest BCUT2D eigenvalue weighted by Crippen LogP contribution is 2.32. The summed E-state index contributed by atoms with van der Waals surface area (Å²) in [4.78, 5) is 1.22. The van der Waals surface area contributed by atoms with Gasteiger partial charge in [-0.25, -0.2) is 0 Å². The van der Waals surface area contributed by atoms with Crippen molar-refractivity contribution in [3.63, 3.8) is 0 Å². The first-order valence-corrected chi connectivity index (χ1v) is 6.13. The number of thiophene rings is 1. The summed E-state index contributed by atoms with van der Waals surface area (Å²) in [5.74, 6) is 0.550. The molecule has 1 saturated carbocycles. The highest BCUT2D eigenvalue weighted by atomic mass is 35.5. The molecule has 78 valence electrons. The lowest BCUT2D eigenvalue weighted by atomic mass is 10.2. The first-order chi connectivity index (χ1) is 6.75. The van der Waals surface area contributed by atoms with E-state index >= 15 is 0 Å². The van der Waals surface area contributed by atoms with Crippen LogP contribution in [-0.4, -0.2) is 17.8 Å². The first kappa shape index (κ1) is 10.4. The van der Waals surface area contributed by atoms with Crippen molar-refractivity contribution in [3.05, 3.63) is 21.3 Å². The second kappa shape index (κ2) is 4.62. The van der Waals surface area contributed by atoms with Crippen molar-refractivity contribution in [2.24, 2.45) is 5.92 Å². The van der Waals surface area contributed by atoms with Crippen LogP contribution in [0.3, 0.4) is 0 Å². The standard InChI is InChI=1S/C10H14ClNOS/c11-8-3-9(14-6-8)4-12-5-10(13)7-1-2-7/h3,6-7,10,12-13H,1-2,4-5H2.